The van der Waals surface area contributed by atoms with Crippen LogP contribution in [0.3, 0.4) is 0 Å². The smallest absolute Gasteiger partial charge is 0.270 e. The molecule has 0 aliphatic carbocycles. The molecule has 0 spiro atoms. The van der Waals surface area contributed by atoms with Gasteiger partial charge in [0, 0.05) is 29.8 Å². The third-order valence-electron chi connectivity index (χ3n) is 5.67. The summed E-state index contributed by atoms with van der Waals surface area (Å²) in [5, 5.41) is 14.4. The van der Waals surface area contributed by atoms with E-state index in [1.165, 1.54) is 23.1 Å². The van der Waals surface area contributed by atoms with Gasteiger partial charge in [0.1, 0.15) is 23.3 Å². The van der Waals surface area contributed by atoms with Crippen molar-refractivity contribution < 1.29 is 24.0 Å². The van der Waals surface area contributed by atoms with Gasteiger partial charge in [0.05, 0.1) is 17.6 Å². The Hall–Kier alpha value is -4.40. The van der Waals surface area contributed by atoms with E-state index in [0.717, 1.165) is 5.56 Å². The van der Waals surface area contributed by atoms with Crippen LogP contribution in [-0.4, -0.2) is 34.3 Å². The topological polar surface area (TPSA) is 111 Å². The average Bonchev–Trinajstić information content (AvgIpc) is 2.83. The second-order valence-corrected chi connectivity index (χ2v) is 9.50. The summed E-state index contributed by atoms with van der Waals surface area (Å²) < 4.78 is 11.3. The highest BCUT2D eigenvalue weighted by molar-refractivity contribution is 6.01. The number of nitrogens with zero attached hydrogens (tertiary/aromatic N) is 2. The third-order valence-corrected chi connectivity index (χ3v) is 5.67. The van der Waals surface area contributed by atoms with E-state index < -0.39 is 28.3 Å². The molecule has 1 aliphatic rings. The second-order valence-electron chi connectivity index (χ2n) is 9.50. The Bertz CT molecular complexity index is 1310. The molecular formula is C27H27N3O6. The summed E-state index contributed by atoms with van der Waals surface area (Å²) in [5.41, 5.74) is 0.440. The Labute approximate surface area is 208 Å². The molecule has 2 amide bonds. The predicted molar refractivity (Wildman–Crippen MR) is 133 cm³/mol. The third kappa shape index (κ3) is 5.14. The van der Waals surface area contributed by atoms with E-state index in [0.29, 0.717) is 17.1 Å². The Balaban J connectivity index is 1.91. The number of non-ortho nitro benzene ring substituents is 1. The van der Waals surface area contributed by atoms with Gasteiger partial charge in [-0.25, -0.2) is 0 Å². The maximum absolute atomic E-state index is 14.0. The summed E-state index contributed by atoms with van der Waals surface area (Å²) in [6.45, 7) is 5.63. The van der Waals surface area contributed by atoms with Crippen molar-refractivity contribution in [1.82, 2.24) is 10.2 Å². The van der Waals surface area contributed by atoms with Crippen LogP contribution in [0.25, 0.3) is 0 Å². The number of carbonyl (C=O) groups is 2. The molecule has 4 rings (SSSR count). The quantitative estimate of drug-likeness (QED) is 0.399. The van der Waals surface area contributed by atoms with E-state index >= 15 is 0 Å². The van der Waals surface area contributed by atoms with Crippen LogP contribution in [-0.2, 0) is 11.3 Å². The molecular weight excluding hydrogens is 462 g/mol. The highest BCUT2D eigenvalue weighted by atomic mass is 16.6. The van der Waals surface area contributed by atoms with E-state index in [9.17, 15) is 19.7 Å². The summed E-state index contributed by atoms with van der Waals surface area (Å²) in [6, 6.07) is 17.0. The van der Waals surface area contributed by atoms with E-state index in [-0.39, 0.29) is 23.5 Å². The molecule has 0 saturated heterocycles. The van der Waals surface area contributed by atoms with Crippen LogP contribution in [0.4, 0.5) is 5.69 Å². The number of amides is 2. The van der Waals surface area contributed by atoms with Gasteiger partial charge in [-0.15, -0.1) is 0 Å². The van der Waals surface area contributed by atoms with Crippen LogP contribution in [0.2, 0.25) is 0 Å². The molecule has 186 valence electrons. The van der Waals surface area contributed by atoms with Crippen LogP contribution >= 0.6 is 0 Å². The van der Waals surface area contributed by atoms with Gasteiger partial charge in [0.15, 0.2) is 0 Å². The van der Waals surface area contributed by atoms with Gasteiger partial charge in [0.25, 0.3) is 11.6 Å². The molecule has 36 heavy (non-hydrogen) atoms. The molecule has 9 heteroatoms. The number of fused-ring (bicyclic) bond motifs is 2. The number of benzene rings is 3. The summed E-state index contributed by atoms with van der Waals surface area (Å²) >= 11 is 0. The fourth-order valence-electron chi connectivity index (χ4n) is 4.06. The number of methoxy groups -OCH3 is 1. The number of rotatable bonds is 5. The zero-order chi connectivity index (χ0) is 26.0. The minimum Gasteiger partial charge on any atom is -0.497 e. The largest absolute Gasteiger partial charge is 0.497 e. The zero-order valence-corrected chi connectivity index (χ0v) is 20.5. The van der Waals surface area contributed by atoms with Crippen molar-refractivity contribution in [2.45, 2.75) is 38.9 Å². The molecule has 1 heterocycles. The number of ether oxygens (including phenoxy) is 2. The van der Waals surface area contributed by atoms with Crippen LogP contribution in [0, 0.1) is 10.1 Å². The predicted octanol–water partition coefficient (Wildman–Crippen LogP) is 5.01. The molecule has 0 fully saturated rings. The molecule has 0 bridgehead atoms. The Morgan fingerprint density at radius 1 is 1.08 bits per heavy atom. The molecule has 0 aromatic heterocycles. The van der Waals surface area contributed by atoms with Gasteiger partial charge in [-0.1, -0.05) is 30.3 Å². The van der Waals surface area contributed by atoms with Gasteiger partial charge >= 0.3 is 0 Å². The number of hydrogen-bond donors (Lipinski definition) is 1. The number of nitro benzene ring substituents is 1. The van der Waals surface area contributed by atoms with Crippen molar-refractivity contribution in [2.75, 3.05) is 7.11 Å². The first-order valence-electron chi connectivity index (χ1n) is 11.4. The Morgan fingerprint density at radius 3 is 2.42 bits per heavy atom. The summed E-state index contributed by atoms with van der Waals surface area (Å²) in [4.78, 5) is 40.0. The first-order chi connectivity index (χ1) is 17.1. The lowest BCUT2D eigenvalue weighted by atomic mass is 9.97. The van der Waals surface area contributed by atoms with Crippen LogP contribution in [0.1, 0.15) is 48.3 Å². The Kier molecular flexibility index (Phi) is 6.65. The first kappa shape index (κ1) is 24.7. The highest BCUT2D eigenvalue weighted by Crippen LogP contribution is 2.40. The average molecular weight is 490 g/mol. The van der Waals surface area contributed by atoms with Crippen LogP contribution in [0.15, 0.2) is 66.7 Å². The van der Waals surface area contributed by atoms with Gasteiger partial charge in [-0.3, -0.25) is 19.7 Å². The van der Waals surface area contributed by atoms with Crippen LogP contribution < -0.4 is 14.8 Å². The molecule has 1 aliphatic heterocycles. The second kappa shape index (κ2) is 9.69. The number of hydrogen-bond acceptors (Lipinski definition) is 6. The number of para-hydroxylation sites is 1. The van der Waals surface area contributed by atoms with E-state index in [2.05, 4.69) is 5.32 Å². The van der Waals surface area contributed by atoms with Crippen molar-refractivity contribution in [3.8, 4) is 17.2 Å². The summed E-state index contributed by atoms with van der Waals surface area (Å²) in [5.74, 6) is 0.253. The van der Waals surface area contributed by atoms with E-state index in [1.807, 2.05) is 20.8 Å². The van der Waals surface area contributed by atoms with Gasteiger partial charge < -0.3 is 19.7 Å². The molecule has 0 saturated carbocycles. The molecule has 1 N–H and O–H groups in total. The normalized spacial score (nSPS) is 15.1. The first-order valence-corrected chi connectivity index (χ1v) is 11.4. The number of carbonyl (C=O) groups excluding carboxylic acids is 2. The Morgan fingerprint density at radius 2 is 1.78 bits per heavy atom. The number of nitro groups is 1. The van der Waals surface area contributed by atoms with Crippen LogP contribution in [0.5, 0.6) is 17.2 Å². The van der Waals surface area contributed by atoms with Crippen molar-refractivity contribution >= 4 is 17.5 Å². The molecule has 3 aromatic rings. The monoisotopic (exact) mass is 489 g/mol. The van der Waals surface area contributed by atoms with Crippen molar-refractivity contribution in [2.24, 2.45) is 0 Å². The fourth-order valence-corrected chi connectivity index (χ4v) is 4.06. The highest BCUT2D eigenvalue weighted by Gasteiger charge is 2.38. The minimum absolute atomic E-state index is 0.000716. The lowest BCUT2D eigenvalue weighted by molar-refractivity contribution is -0.384. The van der Waals surface area contributed by atoms with Gasteiger partial charge in [0.2, 0.25) is 5.91 Å². The van der Waals surface area contributed by atoms with Gasteiger partial charge in [-0.2, -0.15) is 0 Å². The maximum atomic E-state index is 14.0. The minimum atomic E-state index is -1.05. The standard InChI is InChI=1S/C27H27N3O6/c1-27(2,3)28-25(31)24-20-7-5-6-8-22(20)36-23-14-11-18(30(33)34)15-21(23)26(32)29(24)16-17-9-12-19(35-4)13-10-17/h5-15,24H,16H2,1-4H3,(H,28,31). The lowest BCUT2D eigenvalue weighted by Gasteiger charge is -2.36. The maximum Gasteiger partial charge on any atom is 0.270 e. The molecule has 0 radical (unpaired) electrons. The zero-order valence-electron chi connectivity index (χ0n) is 20.5. The molecule has 9 nitrogen and oxygen atoms in total. The SMILES string of the molecule is COc1ccc(CN2C(=O)c3cc([N+](=O)[O-])ccc3Oc3ccccc3C2C(=O)NC(C)(C)C)cc1. The lowest BCUT2D eigenvalue weighted by Crippen LogP contribution is -2.49. The molecule has 3 aromatic carbocycles. The summed E-state index contributed by atoms with van der Waals surface area (Å²) in [6.07, 6.45) is 0. The number of nitrogens with one attached hydrogen (secondary N) is 1. The fraction of sp³-hybridized carbons (Fsp3) is 0.259. The summed E-state index contributed by atoms with van der Waals surface area (Å²) in [7, 11) is 1.56. The van der Waals surface area contributed by atoms with Gasteiger partial charge in [-0.05, 0) is 50.6 Å². The molecule has 1 unspecified atom stereocenters. The van der Waals surface area contributed by atoms with Crippen molar-refractivity contribution in [3.63, 3.8) is 0 Å². The van der Waals surface area contributed by atoms with E-state index in [1.54, 1.807) is 55.6 Å². The van der Waals surface area contributed by atoms with Crippen molar-refractivity contribution in [1.29, 1.82) is 0 Å². The molecule has 1 atom stereocenters. The van der Waals surface area contributed by atoms with E-state index in [4.69, 9.17) is 9.47 Å². The van der Waals surface area contributed by atoms with Crippen molar-refractivity contribution in [3.05, 3.63) is 93.5 Å².